The van der Waals surface area contributed by atoms with Gasteiger partial charge in [0.25, 0.3) is 0 Å². The van der Waals surface area contributed by atoms with Gasteiger partial charge in [-0.1, -0.05) is 12.1 Å². The van der Waals surface area contributed by atoms with Crippen LogP contribution in [0.5, 0.6) is 0 Å². The van der Waals surface area contributed by atoms with Crippen molar-refractivity contribution in [3.05, 3.63) is 41.0 Å². The van der Waals surface area contributed by atoms with Crippen LogP contribution >= 0.6 is 0 Å². The van der Waals surface area contributed by atoms with E-state index in [1.54, 1.807) is 13.0 Å². The van der Waals surface area contributed by atoms with Crippen LogP contribution in [0.4, 0.5) is 10.2 Å². The number of anilines is 1. The van der Waals surface area contributed by atoms with Crippen LogP contribution in [-0.2, 0) is 0 Å². The highest BCUT2D eigenvalue weighted by Crippen LogP contribution is 2.40. The molecular weight excluding hydrogens is 241 g/mol. The van der Waals surface area contributed by atoms with Crippen LogP contribution in [0.3, 0.4) is 0 Å². The minimum absolute atomic E-state index is 0.220. The minimum atomic E-state index is -0.220. The zero-order valence-electron chi connectivity index (χ0n) is 11.1. The molecule has 0 bridgehead atoms. The molecule has 3 nitrogen and oxygen atoms in total. The summed E-state index contributed by atoms with van der Waals surface area (Å²) in [5, 5.41) is 0. The van der Waals surface area contributed by atoms with Crippen molar-refractivity contribution in [1.82, 2.24) is 9.97 Å². The van der Waals surface area contributed by atoms with Gasteiger partial charge in [0.05, 0.1) is 5.69 Å². The van der Waals surface area contributed by atoms with Crippen molar-refractivity contribution in [3.8, 4) is 11.3 Å². The highest BCUT2D eigenvalue weighted by Gasteiger charge is 2.28. The summed E-state index contributed by atoms with van der Waals surface area (Å²) in [6, 6.07) is 5.04. The molecule has 0 aliphatic heterocycles. The molecule has 1 aliphatic rings. The summed E-state index contributed by atoms with van der Waals surface area (Å²) >= 11 is 0. The molecule has 19 heavy (non-hydrogen) atoms. The van der Waals surface area contributed by atoms with E-state index < -0.39 is 0 Å². The molecule has 1 heterocycles. The second kappa shape index (κ2) is 4.30. The molecule has 0 spiro atoms. The molecular formula is C15H16FN3. The summed E-state index contributed by atoms with van der Waals surface area (Å²) in [5.74, 6) is 1.50. The smallest absolute Gasteiger partial charge is 0.134 e. The van der Waals surface area contributed by atoms with Gasteiger partial charge >= 0.3 is 0 Å². The first kappa shape index (κ1) is 12.1. The van der Waals surface area contributed by atoms with Crippen molar-refractivity contribution < 1.29 is 4.39 Å². The molecule has 0 radical (unpaired) electrons. The van der Waals surface area contributed by atoms with Gasteiger partial charge in [0.15, 0.2) is 0 Å². The molecule has 1 aromatic heterocycles. The Morgan fingerprint density at radius 2 is 1.89 bits per heavy atom. The molecule has 0 amide bonds. The van der Waals surface area contributed by atoms with E-state index in [0.717, 1.165) is 35.5 Å². The van der Waals surface area contributed by atoms with E-state index in [0.29, 0.717) is 17.3 Å². The van der Waals surface area contributed by atoms with Crippen LogP contribution in [0.2, 0.25) is 0 Å². The second-order valence-electron chi connectivity index (χ2n) is 5.13. The molecule has 0 saturated heterocycles. The molecule has 4 heteroatoms. The van der Waals surface area contributed by atoms with E-state index in [1.807, 2.05) is 13.0 Å². The van der Waals surface area contributed by atoms with Crippen LogP contribution < -0.4 is 5.73 Å². The molecule has 98 valence electrons. The van der Waals surface area contributed by atoms with Crippen LogP contribution in [-0.4, -0.2) is 9.97 Å². The number of aromatic nitrogens is 2. The van der Waals surface area contributed by atoms with Crippen molar-refractivity contribution in [2.75, 3.05) is 5.73 Å². The number of hydrogen-bond acceptors (Lipinski definition) is 3. The van der Waals surface area contributed by atoms with E-state index in [9.17, 15) is 4.39 Å². The van der Waals surface area contributed by atoms with Gasteiger partial charge in [-0.2, -0.15) is 0 Å². The van der Waals surface area contributed by atoms with Gasteiger partial charge < -0.3 is 5.73 Å². The number of benzene rings is 1. The minimum Gasteiger partial charge on any atom is -0.383 e. The third-order valence-corrected chi connectivity index (χ3v) is 3.67. The predicted molar refractivity (Wildman–Crippen MR) is 73.3 cm³/mol. The summed E-state index contributed by atoms with van der Waals surface area (Å²) in [7, 11) is 0. The summed E-state index contributed by atoms with van der Waals surface area (Å²) in [4.78, 5) is 8.96. The van der Waals surface area contributed by atoms with Crippen molar-refractivity contribution >= 4 is 5.82 Å². The Morgan fingerprint density at radius 3 is 2.58 bits per heavy atom. The Morgan fingerprint density at radius 1 is 1.16 bits per heavy atom. The van der Waals surface area contributed by atoms with Gasteiger partial charge in [0, 0.05) is 17.0 Å². The normalized spacial score (nSPS) is 14.7. The maximum Gasteiger partial charge on any atom is 0.134 e. The topological polar surface area (TPSA) is 51.8 Å². The largest absolute Gasteiger partial charge is 0.383 e. The number of rotatable bonds is 2. The Labute approximate surface area is 111 Å². The fraction of sp³-hybridized carbons (Fsp3) is 0.333. The number of halogens is 1. The summed E-state index contributed by atoms with van der Waals surface area (Å²) in [6.45, 7) is 3.64. The Bertz CT molecular complexity index is 648. The molecule has 3 rings (SSSR count). The number of hydrogen-bond donors (Lipinski definition) is 1. The maximum atomic E-state index is 13.7. The lowest BCUT2D eigenvalue weighted by Crippen LogP contribution is -2.05. The quantitative estimate of drug-likeness (QED) is 0.897. The molecule has 1 fully saturated rings. The second-order valence-corrected chi connectivity index (χ2v) is 5.13. The zero-order chi connectivity index (χ0) is 13.6. The SMILES string of the molecule is Cc1c(F)cccc1-c1nc(C2CC2)nc(N)c1C. The fourth-order valence-corrected chi connectivity index (χ4v) is 2.20. The van der Waals surface area contributed by atoms with Crippen molar-refractivity contribution in [2.45, 2.75) is 32.6 Å². The number of nitrogens with zero attached hydrogens (tertiary/aromatic N) is 2. The van der Waals surface area contributed by atoms with E-state index in [1.165, 1.54) is 6.07 Å². The van der Waals surface area contributed by atoms with Crippen LogP contribution in [0.25, 0.3) is 11.3 Å². The Hall–Kier alpha value is -1.97. The van der Waals surface area contributed by atoms with Crippen LogP contribution in [0, 0.1) is 19.7 Å². The highest BCUT2D eigenvalue weighted by atomic mass is 19.1. The summed E-state index contributed by atoms with van der Waals surface area (Å²) in [6.07, 6.45) is 2.23. The highest BCUT2D eigenvalue weighted by molar-refractivity contribution is 5.70. The first-order chi connectivity index (χ1) is 9.08. The van der Waals surface area contributed by atoms with E-state index in [-0.39, 0.29) is 5.82 Å². The third-order valence-electron chi connectivity index (χ3n) is 3.67. The average Bonchev–Trinajstić information content (AvgIpc) is 3.20. The molecule has 2 aromatic rings. The molecule has 1 saturated carbocycles. The standard InChI is InChI=1S/C15H16FN3/c1-8-11(4-3-5-12(8)16)13-9(2)14(17)19-15(18-13)10-6-7-10/h3-5,10H,6-7H2,1-2H3,(H2,17,18,19). The maximum absolute atomic E-state index is 13.7. The molecule has 0 atom stereocenters. The molecule has 1 aromatic carbocycles. The zero-order valence-corrected chi connectivity index (χ0v) is 11.1. The lowest BCUT2D eigenvalue weighted by atomic mass is 10.0. The monoisotopic (exact) mass is 257 g/mol. The van der Waals surface area contributed by atoms with E-state index in [2.05, 4.69) is 9.97 Å². The fourth-order valence-electron chi connectivity index (χ4n) is 2.20. The molecule has 1 aliphatic carbocycles. The number of nitrogen functional groups attached to an aromatic ring is 1. The van der Waals surface area contributed by atoms with Gasteiger partial charge in [0.2, 0.25) is 0 Å². The lowest BCUT2D eigenvalue weighted by molar-refractivity contribution is 0.619. The Balaban J connectivity index is 2.20. The number of nitrogens with two attached hydrogens (primary N) is 1. The Kier molecular flexibility index (Phi) is 2.73. The van der Waals surface area contributed by atoms with Crippen molar-refractivity contribution in [2.24, 2.45) is 0 Å². The lowest BCUT2D eigenvalue weighted by Gasteiger charge is -2.12. The van der Waals surface area contributed by atoms with Gasteiger partial charge in [-0.05, 0) is 38.3 Å². The van der Waals surface area contributed by atoms with Gasteiger partial charge in [0.1, 0.15) is 17.5 Å². The van der Waals surface area contributed by atoms with Crippen LogP contribution in [0.15, 0.2) is 18.2 Å². The first-order valence-corrected chi connectivity index (χ1v) is 6.47. The molecule has 2 N–H and O–H groups in total. The first-order valence-electron chi connectivity index (χ1n) is 6.47. The van der Waals surface area contributed by atoms with E-state index >= 15 is 0 Å². The summed E-state index contributed by atoms with van der Waals surface area (Å²) < 4.78 is 13.7. The van der Waals surface area contributed by atoms with Gasteiger partial charge in [-0.15, -0.1) is 0 Å². The molecule has 0 unspecified atom stereocenters. The third kappa shape index (κ3) is 2.07. The average molecular weight is 257 g/mol. The van der Waals surface area contributed by atoms with Crippen LogP contribution in [0.1, 0.15) is 35.7 Å². The predicted octanol–water partition coefficient (Wildman–Crippen LogP) is 3.36. The summed E-state index contributed by atoms with van der Waals surface area (Å²) in [5.41, 5.74) is 8.94. The van der Waals surface area contributed by atoms with Crippen molar-refractivity contribution in [3.63, 3.8) is 0 Å². The van der Waals surface area contributed by atoms with Gasteiger partial charge in [-0.25, -0.2) is 14.4 Å². The van der Waals surface area contributed by atoms with E-state index in [4.69, 9.17) is 5.73 Å². The van der Waals surface area contributed by atoms with Gasteiger partial charge in [-0.3, -0.25) is 0 Å². The van der Waals surface area contributed by atoms with Crippen molar-refractivity contribution in [1.29, 1.82) is 0 Å².